The van der Waals surface area contributed by atoms with Crippen LogP contribution in [0.3, 0.4) is 0 Å². The summed E-state index contributed by atoms with van der Waals surface area (Å²) < 4.78 is 26.4. The number of likely N-dealkylation sites (tertiary alicyclic amines) is 1. The minimum Gasteiger partial charge on any atom is -0.481 e. The topological polar surface area (TPSA) is 69.6 Å². The van der Waals surface area contributed by atoms with E-state index in [0.29, 0.717) is 25.9 Å². The molecule has 2 rings (SSSR count). The number of carboxylic acids is 1. The van der Waals surface area contributed by atoms with Gasteiger partial charge in [0.2, 0.25) is 5.91 Å². The van der Waals surface area contributed by atoms with Crippen molar-refractivity contribution in [3.63, 3.8) is 0 Å². The number of hydrogen-bond acceptors (Lipinski definition) is 3. The number of benzene rings is 1. The number of nitrogens with one attached hydrogen (secondary N) is 1. The molecule has 1 aliphatic rings. The van der Waals surface area contributed by atoms with Crippen molar-refractivity contribution in [3.05, 3.63) is 29.8 Å². The molecular weight excluding hydrogens is 282 g/mol. The lowest BCUT2D eigenvalue weighted by atomic mass is 9.97. The normalized spacial score (nSPS) is 15.8. The van der Waals surface area contributed by atoms with Crippen LogP contribution in [-0.2, 0) is 9.59 Å². The quantitative estimate of drug-likeness (QED) is 0.887. The molecule has 0 aliphatic carbocycles. The molecule has 1 saturated heterocycles. The van der Waals surface area contributed by atoms with Crippen LogP contribution < -0.4 is 5.32 Å². The standard InChI is InChI=1S/C14H16F2N2O3/c15-10-1-2-11(16)12(7-10)17-8-13(19)18-5-3-9(4-6-18)14(20)21/h1-2,7,9,17H,3-6,8H2,(H,20,21). The smallest absolute Gasteiger partial charge is 0.306 e. The van der Waals surface area contributed by atoms with Crippen LogP contribution in [0.2, 0.25) is 0 Å². The Kier molecular flexibility index (Phi) is 4.72. The number of aliphatic carboxylic acids is 1. The number of rotatable bonds is 4. The predicted molar refractivity (Wildman–Crippen MR) is 71.8 cm³/mol. The largest absolute Gasteiger partial charge is 0.481 e. The average Bonchev–Trinajstić information content (AvgIpc) is 2.48. The Morgan fingerprint density at radius 2 is 1.95 bits per heavy atom. The number of hydrogen-bond donors (Lipinski definition) is 2. The predicted octanol–water partition coefficient (Wildman–Crippen LogP) is 1.70. The fourth-order valence-electron chi connectivity index (χ4n) is 2.29. The third-order valence-corrected chi connectivity index (χ3v) is 3.56. The Bertz CT molecular complexity index is 543. The Balaban J connectivity index is 1.85. The van der Waals surface area contributed by atoms with E-state index in [-0.39, 0.29) is 18.1 Å². The van der Waals surface area contributed by atoms with Gasteiger partial charge in [-0.3, -0.25) is 9.59 Å². The molecule has 1 aliphatic heterocycles. The number of anilines is 1. The van der Waals surface area contributed by atoms with Gasteiger partial charge in [0.05, 0.1) is 18.2 Å². The first-order valence-electron chi connectivity index (χ1n) is 6.67. The zero-order valence-corrected chi connectivity index (χ0v) is 11.3. The van der Waals surface area contributed by atoms with Crippen molar-refractivity contribution in [3.8, 4) is 0 Å². The molecule has 0 radical (unpaired) electrons. The van der Waals surface area contributed by atoms with Crippen LogP contribution >= 0.6 is 0 Å². The summed E-state index contributed by atoms with van der Waals surface area (Å²) in [6.07, 6.45) is 0.824. The summed E-state index contributed by atoms with van der Waals surface area (Å²) in [4.78, 5) is 24.3. The Labute approximate surface area is 120 Å². The number of carboxylic acid groups (broad SMARTS) is 1. The van der Waals surface area contributed by atoms with Crippen LogP contribution in [0.25, 0.3) is 0 Å². The van der Waals surface area contributed by atoms with Crippen molar-refractivity contribution in [1.29, 1.82) is 0 Å². The van der Waals surface area contributed by atoms with Crippen LogP contribution in [0.5, 0.6) is 0 Å². The van der Waals surface area contributed by atoms with E-state index in [9.17, 15) is 18.4 Å². The molecule has 114 valence electrons. The lowest BCUT2D eigenvalue weighted by molar-refractivity contribution is -0.145. The first-order chi connectivity index (χ1) is 9.97. The Morgan fingerprint density at radius 1 is 1.29 bits per heavy atom. The van der Waals surface area contributed by atoms with E-state index in [1.807, 2.05) is 0 Å². The number of carbonyl (C=O) groups excluding carboxylic acids is 1. The van der Waals surface area contributed by atoms with Gasteiger partial charge in [-0.05, 0) is 31.0 Å². The van der Waals surface area contributed by atoms with Gasteiger partial charge in [0.1, 0.15) is 11.6 Å². The molecule has 0 saturated carbocycles. The van der Waals surface area contributed by atoms with E-state index in [2.05, 4.69) is 5.32 Å². The number of amides is 1. The van der Waals surface area contributed by atoms with Crippen molar-refractivity contribution in [1.82, 2.24) is 4.90 Å². The van der Waals surface area contributed by atoms with Gasteiger partial charge in [0.25, 0.3) is 0 Å². The molecule has 0 unspecified atom stereocenters. The maximum atomic E-state index is 13.4. The molecule has 1 heterocycles. The number of nitrogens with zero attached hydrogens (tertiary/aromatic N) is 1. The Morgan fingerprint density at radius 3 is 2.57 bits per heavy atom. The zero-order chi connectivity index (χ0) is 15.4. The lowest BCUT2D eigenvalue weighted by Crippen LogP contribution is -2.42. The van der Waals surface area contributed by atoms with Crippen molar-refractivity contribution in [2.75, 3.05) is 25.0 Å². The first kappa shape index (κ1) is 15.2. The highest BCUT2D eigenvalue weighted by molar-refractivity contribution is 5.81. The van der Waals surface area contributed by atoms with E-state index < -0.39 is 23.5 Å². The van der Waals surface area contributed by atoms with Crippen LogP contribution in [0.1, 0.15) is 12.8 Å². The molecule has 1 amide bonds. The van der Waals surface area contributed by atoms with Gasteiger partial charge in [0, 0.05) is 13.1 Å². The molecule has 7 heteroatoms. The van der Waals surface area contributed by atoms with Crippen LogP contribution in [0, 0.1) is 17.6 Å². The molecule has 1 aromatic carbocycles. The third-order valence-electron chi connectivity index (χ3n) is 3.56. The molecule has 0 atom stereocenters. The average molecular weight is 298 g/mol. The summed E-state index contributed by atoms with van der Waals surface area (Å²) in [6, 6.07) is 2.97. The lowest BCUT2D eigenvalue weighted by Gasteiger charge is -2.30. The molecule has 0 bridgehead atoms. The van der Waals surface area contributed by atoms with Gasteiger partial charge in [-0.25, -0.2) is 8.78 Å². The van der Waals surface area contributed by atoms with E-state index in [1.54, 1.807) is 0 Å². The van der Waals surface area contributed by atoms with Gasteiger partial charge in [-0.1, -0.05) is 0 Å². The highest BCUT2D eigenvalue weighted by atomic mass is 19.1. The summed E-state index contributed by atoms with van der Waals surface area (Å²) in [5.74, 6) is -2.74. The van der Waals surface area contributed by atoms with Gasteiger partial charge in [0.15, 0.2) is 0 Å². The first-order valence-corrected chi connectivity index (χ1v) is 6.67. The molecule has 2 N–H and O–H groups in total. The summed E-state index contributed by atoms with van der Waals surface area (Å²) in [6.45, 7) is 0.574. The van der Waals surface area contributed by atoms with Crippen LogP contribution in [0.4, 0.5) is 14.5 Å². The number of piperidine rings is 1. The van der Waals surface area contributed by atoms with Crippen molar-refractivity contribution < 1.29 is 23.5 Å². The van der Waals surface area contributed by atoms with E-state index >= 15 is 0 Å². The second-order valence-corrected chi connectivity index (χ2v) is 4.97. The van der Waals surface area contributed by atoms with Crippen molar-refractivity contribution in [2.24, 2.45) is 5.92 Å². The minimum absolute atomic E-state index is 0.0660. The fourth-order valence-corrected chi connectivity index (χ4v) is 2.29. The molecule has 21 heavy (non-hydrogen) atoms. The molecule has 0 spiro atoms. The number of halogens is 2. The highest BCUT2D eigenvalue weighted by Crippen LogP contribution is 2.18. The Hall–Kier alpha value is -2.18. The molecular formula is C14H16F2N2O3. The van der Waals surface area contributed by atoms with Crippen molar-refractivity contribution in [2.45, 2.75) is 12.8 Å². The second kappa shape index (κ2) is 6.51. The summed E-state index contributed by atoms with van der Waals surface area (Å²) >= 11 is 0. The van der Waals surface area contributed by atoms with Crippen molar-refractivity contribution >= 4 is 17.6 Å². The van der Waals surface area contributed by atoms with Gasteiger partial charge >= 0.3 is 5.97 Å². The molecule has 1 fully saturated rings. The summed E-state index contributed by atoms with van der Waals surface area (Å²) in [5, 5.41) is 11.4. The fraction of sp³-hybridized carbons (Fsp3) is 0.429. The van der Waals surface area contributed by atoms with Crippen LogP contribution in [0.15, 0.2) is 18.2 Å². The third kappa shape index (κ3) is 3.90. The van der Waals surface area contributed by atoms with E-state index in [4.69, 9.17) is 5.11 Å². The number of carbonyl (C=O) groups is 2. The summed E-state index contributed by atoms with van der Waals surface area (Å²) in [7, 11) is 0. The maximum Gasteiger partial charge on any atom is 0.306 e. The SMILES string of the molecule is O=C(O)C1CCN(C(=O)CNc2cc(F)ccc2F)CC1. The second-order valence-electron chi connectivity index (χ2n) is 4.97. The molecule has 5 nitrogen and oxygen atoms in total. The summed E-state index contributed by atoms with van der Waals surface area (Å²) in [5.41, 5.74) is -0.0660. The van der Waals surface area contributed by atoms with Gasteiger partial charge in [-0.15, -0.1) is 0 Å². The molecule has 0 aromatic heterocycles. The monoisotopic (exact) mass is 298 g/mol. The van der Waals surface area contributed by atoms with Crippen LogP contribution in [-0.4, -0.2) is 41.5 Å². The molecule has 1 aromatic rings. The zero-order valence-electron chi connectivity index (χ0n) is 11.3. The van der Waals surface area contributed by atoms with E-state index in [0.717, 1.165) is 18.2 Å². The minimum atomic E-state index is -0.845. The van der Waals surface area contributed by atoms with Gasteiger partial charge < -0.3 is 15.3 Å². The van der Waals surface area contributed by atoms with Gasteiger partial charge in [-0.2, -0.15) is 0 Å². The van der Waals surface area contributed by atoms with E-state index in [1.165, 1.54) is 4.90 Å². The maximum absolute atomic E-state index is 13.4. The highest BCUT2D eigenvalue weighted by Gasteiger charge is 2.26.